The molecule has 21 heavy (non-hydrogen) atoms. The summed E-state index contributed by atoms with van der Waals surface area (Å²) in [4.78, 5) is 12.2. The van der Waals surface area contributed by atoms with E-state index in [0.717, 1.165) is 18.9 Å². The Morgan fingerprint density at radius 3 is 2.57 bits per heavy atom. The Labute approximate surface area is 123 Å². The number of carbonyl (C=O) groups is 1. The molecule has 1 aromatic carbocycles. The van der Waals surface area contributed by atoms with Gasteiger partial charge in [0, 0.05) is 0 Å². The first-order valence-corrected chi connectivity index (χ1v) is 7.07. The third-order valence-electron chi connectivity index (χ3n) is 4.21. The zero-order valence-corrected chi connectivity index (χ0v) is 12.2. The van der Waals surface area contributed by atoms with E-state index < -0.39 is 28.6 Å². The van der Waals surface area contributed by atoms with Crippen molar-refractivity contribution in [1.29, 1.82) is 5.26 Å². The monoisotopic (exact) mass is 292 g/mol. The van der Waals surface area contributed by atoms with Gasteiger partial charge in [0.1, 0.15) is 22.7 Å². The van der Waals surface area contributed by atoms with Crippen LogP contribution < -0.4 is 5.32 Å². The smallest absolute Gasteiger partial charge is 0.258 e. The summed E-state index contributed by atoms with van der Waals surface area (Å²) in [7, 11) is 0. The summed E-state index contributed by atoms with van der Waals surface area (Å²) in [5.41, 5.74) is -1.43. The third kappa shape index (κ3) is 3.05. The molecule has 2 rings (SSSR count). The Hall–Kier alpha value is -1.96. The standard InChI is InChI=1S/C16H18F2N2O/c1-10-5-7-16(9-19,8-6-10)20-15(21)13-12(17)4-3-11(2)14(13)18/h3-4,10H,5-8H2,1-2H3,(H,20,21). The fourth-order valence-corrected chi connectivity index (χ4v) is 2.66. The second-order valence-electron chi connectivity index (χ2n) is 5.88. The molecule has 0 radical (unpaired) electrons. The quantitative estimate of drug-likeness (QED) is 0.907. The van der Waals surface area contributed by atoms with E-state index in [0.29, 0.717) is 18.8 Å². The van der Waals surface area contributed by atoms with Crippen molar-refractivity contribution in [2.45, 2.75) is 45.1 Å². The van der Waals surface area contributed by atoms with Crippen LogP contribution >= 0.6 is 0 Å². The molecular formula is C16H18F2N2O. The highest BCUT2D eigenvalue weighted by atomic mass is 19.1. The van der Waals surface area contributed by atoms with E-state index >= 15 is 0 Å². The molecule has 1 aliphatic carbocycles. The van der Waals surface area contributed by atoms with Gasteiger partial charge >= 0.3 is 0 Å². The Bertz CT molecular complexity index is 599. The van der Waals surface area contributed by atoms with E-state index in [1.165, 1.54) is 13.0 Å². The van der Waals surface area contributed by atoms with Crippen molar-refractivity contribution in [1.82, 2.24) is 5.32 Å². The van der Waals surface area contributed by atoms with Crippen LogP contribution in [0.5, 0.6) is 0 Å². The van der Waals surface area contributed by atoms with Gasteiger partial charge in [0.05, 0.1) is 6.07 Å². The molecule has 0 spiro atoms. The summed E-state index contributed by atoms with van der Waals surface area (Å²) in [5, 5.41) is 11.9. The van der Waals surface area contributed by atoms with E-state index in [2.05, 4.69) is 18.3 Å². The summed E-state index contributed by atoms with van der Waals surface area (Å²) in [5.74, 6) is -2.14. The lowest BCUT2D eigenvalue weighted by atomic mass is 9.78. The number of halogens is 2. The summed E-state index contributed by atoms with van der Waals surface area (Å²) in [6, 6.07) is 4.46. The van der Waals surface area contributed by atoms with Crippen molar-refractivity contribution in [2.24, 2.45) is 5.92 Å². The SMILES string of the molecule is Cc1ccc(F)c(C(=O)NC2(C#N)CCC(C)CC2)c1F. The van der Waals surface area contributed by atoms with Gasteiger partial charge in [-0.15, -0.1) is 0 Å². The minimum Gasteiger partial charge on any atom is -0.334 e. The molecular weight excluding hydrogens is 274 g/mol. The third-order valence-corrected chi connectivity index (χ3v) is 4.21. The molecule has 0 heterocycles. The first-order valence-electron chi connectivity index (χ1n) is 7.07. The maximum atomic E-state index is 14.0. The maximum absolute atomic E-state index is 14.0. The largest absolute Gasteiger partial charge is 0.334 e. The van der Waals surface area contributed by atoms with Crippen molar-refractivity contribution in [3.63, 3.8) is 0 Å². The number of hydrogen-bond donors (Lipinski definition) is 1. The van der Waals surface area contributed by atoms with Crippen LogP contribution in [0.3, 0.4) is 0 Å². The van der Waals surface area contributed by atoms with E-state index in [1.807, 2.05) is 0 Å². The number of nitrogens with one attached hydrogen (secondary N) is 1. The highest BCUT2D eigenvalue weighted by molar-refractivity contribution is 5.95. The van der Waals surface area contributed by atoms with Crippen molar-refractivity contribution < 1.29 is 13.6 Å². The fraction of sp³-hybridized carbons (Fsp3) is 0.500. The number of nitriles is 1. The second-order valence-corrected chi connectivity index (χ2v) is 5.88. The Morgan fingerprint density at radius 1 is 1.38 bits per heavy atom. The first kappa shape index (κ1) is 15.4. The van der Waals surface area contributed by atoms with Crippen molar-refractivity contribution in [2.75, 3.05) is 0 Å². The van der Waals surface area contributed by atoms with Crippen molar-refractivity contribution in [3.8, 4) is 6.07 Å². The molecule has 1 fully saturated rings. The predicted octanol–water partition coefficient (Wildman–Crippen LogP) is 3.48. The minimum atomic E-state index is -1.02. The van der Waals surface area contributed by atoms with Crippen LogP contribution in [-0.4, -0.2) is 11.4 Å². The van der Waals surface area contributed by atoms with Crippen LogP contribution in [0.15, 0.2) is 12.1 Å². The molecule has 1 N–H and O–H groups in total. The average Bonchev–Trinajstić information content (AvgIpc) is 2.46. The van der Waals surface area contributed by atoms with Gasteiger partial charge in [-0.05, 0) is 50.2 Å². The lowest BCUT2D eigenvalue weighted by Crippen LogP contribution is -2.49. The van der Waals surface area contributed by atoms with Crippen LogP contribution in [0.25, 0.3) is 0 Å². The number of carbonyl (C=O) groups excluding carboxylic acids is 1. The normalized spacial score (nSPS) is 25.2. The van der Waals surface area contributed by atoms with Gasteiger partial charge in [-0.2, -0.15) is 5.26 Å². The van der Waals surface area contributed by atoms with Crippen molar-refractivity contribution >= 4 is 5.91 Å². The van der Waals surface area contributed by atoms with Gasteiger partial charge in [-0.1, -0.05) is 13.0 Å². The molecule has 0 unspecified atom stereocenters. The molecule has 3 nitrogen and oxygen atoms in total. The first-order chi connectivity index (χ1) is 9.88. The maximum Gasteiger partial charge on any atom is 0.258 e. The lowest BCUT2D eigenvalue weighted by molar-refractivity contribution is 0.0885. The molecule has 1 aliphatic rings. The molecule has 0 atom stereocenters. The molecule has 0 aliphatic heterocycles. The average molecular weight is 292 g/mol. The lowest BCUT2D eigenvalue weighted by Gasteiger charge is -2.34. The number of hydrogen-bond acceptors (Lipinski definition) is 2. The van der Waals surface area contributed by atoms with Gasteiger partial charge in [-0.3, -0.25) is 4.79 Å². The number of amides is 1. The fourth-order valence-electron chi connectivity index (χ4n) is 2.66. The predicted molar refractivity (Wildman–Crippen MR) is 74.5 cm³/mol. The molecule has 112 valence electrons. The van der Waals surface area contributed by atoms with Crippen LogP contribution in [0.1, 0.15) is 48.5 Å². The molecule has 1 saturated carbocycles. The van der Waals surface area contributed by atoms with Gasteiger partial charge in [0.2, 0.25) is 0 Å². The van der Waals surface area contributed by atoms with E-state index in [4.69, 9.17) is 0 Å². The topological polar surface area (TPSA) is 52.9 Å². The van der Waals surface area contributed by atoms with E-state index in [9.17, 15) is 18.8 Å². The number of nitrogens with zero attached hydrogens (tertiary/aromatic N) is 1. The van der Waals surface area contributed by atoms with Crippen molar-refractivity contribution in [3.05, 3.63) is 34.9 Å². The molecule has 1 amide bonds. The van der Waals surface area contributed by atoms with Gasteiger partial charge in [-0.25, -0.2) is 8.78 Å². The summed E-state index contributed by atoms with van der Waals surface area (Å²) in [6.07, 6.45) is 2.64. The number of benzene rings is 1. The van der Waals surface area contributed by atoms with Gasteiger partial charge in [0.15, 0.2) is 0 Å². The minimum absolute atomic E-state index is 0.199. The van der Waals surface area contributed by atoms with E-state index in [-0.39, 0.29) is 5.56 Å². The molecule has 0 bridgehead atoms. The molecule has 0 aromatic heterocycles. The van der Waals surface area contributed by atoms with Crippen LogP contribution in [0.2, 0.25) is 0 Å². The summed E-state index contributed by atoms with van der Waals surface area (Å²) >= 11 is 0. The molecule has 0 saturated heterocycles. The summed E-state index contributed by atoms with van der Waals surface area (Å²) < 4.78 is 27.7. The molecule has 1 aromatic rings. The zero-order chi connectivity index (χ0) is 15.6. The Morgan fingerprint density at radius 2 is 2.00 bits per heavy atom. The van der Waals surface area contributed by atoms with Crippen LogP contribution in [0.4, 0.5) is 8.78 Å². The van der Waals surface area contributed by atoms with Gasteiger partial charge < -0.3 is 5.32 Å². The highest BCUT2D eigenvalue weighted by Gasteiger charge is 2.37. The Kier molecular flexibility index (Phi) is 4.26. The second kappa shape index (κ2) is 5.80. The zero-order valence-electron chi connectivity index (χ0n) is 12.2. The molecule has 5 heteroatoms. The highest BCUT2D eigenvalue weighted by Crippen LogP contribution is 2.32. The van der Waals surface area contributed by atoms with Crippen LogP contribution in [-0.2, 0) is 0 Å². The van der Waals surface area contributed by atoms with Crippen LogP contribution in [0, 0.1) is 35.8 Å². The summed E-state index contributed by atoms with van der Waals surface area (Å²) in [6.45, 7) is 3.55. The Balaban J connectivity index is 2.26. The van der Waals surface area contributed by atoms with E-state index in [1.54, 1.807) is 0 Å². The van der Waals surface area contributed by atoms with Gasteiger partial charge in [0.25, 0.3) is 5.91 Å². The number of rotatable bonds is 2. The number of aryl methyl sites for hydroxylation is 1.